The van der Waals surface area contributed by atoms with Crippen molar-refractivity contribution < 1.29 is 47.3 Å². The number of unbranched alkanes of at least 4 members (excludes halogenated alkanes) is 2. The van der Waals surface area contributed by atoms with Gasteiger partial charge in [-0.05, 0) is 70.3 Å². The van der Waals surface area contributed by atoms with Gasteiger partial charge in [0.1, 0.15) is 10.5 Å². The summed E-state index contributed by atoms with van der Waals surface area (Å²) in [6, 6.07) is 8.83. The molecule has 3 heterocycles. The molecule has 0 unspecified atom stereocenters. The average molecular weight is 970 g/mol. The minimum absolute atomic E-state index is 0. The zero-order chi connectivity index (χ0) is 49.8. The van der Waals surface area contributed by atoms with Crippen LogP contribution in [0.4, 0.5) is 0 Å². The topological polar surface area (TPSA) is 197 Å². The Bertz CT molecular complexity index is 1970. The van der Waals surface area contributed by atoms with E-state index < -0.39 is 35.6 Å². The Labute approximate surface area is 412 Å². The van der Waals surface area contributed by atoms with Gasteiger partial charge in [-0.15, -0.1) is 11.3 Å². The molecule has 382 valence electrons. The van der Waals surface area contributed by atoms with Crippen LogP contribution in [0, 0.1) is 11.8 Å². The van der Waals surface area contributed by atoms with Crippen LogP contribution in [0.5, 0.6) is 0 Å². The van der Waals surface area contributed by atoms with E-state index in [1.807, 2.05) is 47.5 Å². The molecule has 1 saturated carbocycles. The molecular formula is C51H83N7O9S. The largest absolute Gasteiger partial charge is 0.379 e. The van der Waals surface area contributed by atoms with Gasteiger partial charge in [-0.2, -0.15) is 0 Å². The lowest BCUT2D eigenvalue weighted by molar-refractivity contribution is -0.146. The van der Waals surface area contributed by atoms with Crippen molar-refractivity contribution in [3.63, 3.8) is 0 Å². The molecule has 3 N–H and O–H groups in total. The van der Waals surface area contributed by atoms with Crippen LogP contribution in [0.3, 0.4) is 0 Å². The van der Waals surface area contributed by atoms with E-state index in [9.17, 15) is 33.6 Å². The van der Waals surface area contributed by atoms with Gasteiger partial charge in [0, 0.05) is 68.8 Å². The van der Waals surface area contributed by atoms with Crippen molar-refractivity contribution in [2.24, 2.45) is 11.8 Å². The smallest absolute Gasteiger partial charge is 0.253 e. The number of likely N-dealkylation sites (tertiary alicyclic amines) is 1. The number of nitrogens with one attached hydrogen (secondary N) is 3. The summed E-state index contributed by atoms with van der Waals surface area (Å²) >= 11 is 1.49. The number of methoxy groups -OCH3 is 2. The van der Waals surface area contributed by atoms with Gasteiger partial charge in [0.05, 0.1) is 49.2 Å². The molecule has 5 rings (SSSR count). The third kappa shape index (κ3) is 16.0. The number of nitrogens with zero attached hydrogens (tertiary/aromatic N) is 4. The number of rotatable bonds is 24. The summed E-state index contributed by atoms with van der Waals surface area (Å²) in [7, 11) is 4.84. The highest BCUT2D eigenvalue weighted by Gasteiger charge is 2.43. The van der Waals surface area contributed by atoms with E-state index in [-0.39, 0.29) is 83.7 Å². The average Bonchev–Trinajstić information content (AvgIpc) is 4.11. The number of thiazole rings is 1. The Morgan fingerprint density at radius 1 is 0.941 bits per heavy atom. The maximum absolute atomic E-state index is 14.4. The van der Waals surface area contributed by atoms with Crippen LogP contribution in [0.1, 0.15) is 139 Å². The van der Waals surface area contributed by atoms with Crippen LogP contribution in [-0.4, -0.2) is 132 Å². The van der Waals surface area contributed by atoms with E-state index in [1.54, 1.807) is 46.2 Å². The van der Waals surface area contributed by atoms with Crippen molar-refractivity contribution in [2.45, 2.75) is 160 Å². The second-order valence-electron chi connectivity index (χ2n) is 18.8. The number of amides is 7. The van der Waals surface area contributed by atoms with Gasteiger partial charge in [-0.1, -0.05) is 83.2 Å². The summed E-state index contributed by atoms with van der Waals surface area (Å²) in [5.74, 6) is -2.71. The van der Waals surface area contributed by atoms with Crippen molar-refractivity contribution >= 4 is 52.7 Å². The number of benzene rings is 1. The number of ether oxygens (including phenoxy) is 2. The maximum atomic E-state index is 14.4. The number of imide groups is 1. The fourth-order valence-corrected chi connectivity index (χ4v) is 10.2. The number of hydrogen-bond donors (Lipinski definition) is 3. The monoisotopic (exact) mass is 970 g/mol. The Morgan fingerprint density at radius 3 is 2.24 bits per heavy atom. The van der Waals surface area contributed by atoms with E-state index in [0.717, 1.165) is 49.1 Å². The lowest BCUT2D eigenvalue weighted by Crippen LogP contribution is -2.58. The molecule has 16 nitrogen and oxygen atoms in total. The van der Waals surface area contributed by atoms with Crippen LogP contribution >= 0.6 is 11.3 Å². The molecule has 0 radical (unpaired) electrons. The first-order valence-electron chi connectivity index (χ1n) is 24.5. The van der Waals surface area contributed by atoms with E-state index in [0.29, 0.717) is 38.6 Å². The van der Waals surface area contributed by atoms with Crippen LogP contribution in [-0.2, 0) is 49.5 Å². The predicted molar refractivity (Wildman–Crippen MR) is 268 cm³/mol. The molecular weight excluding hydrogens is 887 g/mol. The lowest BCUT2D eigenvalue weighted by Gasteiger charge is -2.41. The van der Waals surface area contributed by atoms with Crippen molar-refractivity contribution in [3.8, 4) is 0 Å². The molecule has 1 aromatic carbocycles. The second kappa shape index (κ2) is 27.9. The molecule has 1 saturated heterocycles. The van der Waals surface area contributed by atoms with E-state index in [1.165, 1.54) is 34.8 Å². The van der Waals surface area contributed by atoms with Crippen molar-refractivity contribution in [2.75, 3.05) is 40.9 Å². The van der Waals surface area contributed by atoms with Crippen molar-refractivity contribution in [1.29, 1.82) is 0 Å². The summed E-state index contributed by atoms with van der Waals surface area (Å²) in [6.07, 6.45) is 12.9. The number of hydrogen-bond acceptors (Lipinski definition) is 11. The Kier molecular flexibility index (Phi) is 22.8. The number of likely N-dealkylation sites (N-methyl/N-ethyl adjacent to an activating group) is 1. The van der Waals surface area contributed by atoms with E-state index in [4.69, 9.17) is 9.47 Å². The number of carbonyl (C=O) groups is 7. The first kappa shape index (κ1) is 55.6. The summed E-state index contributed by atoms with van der Waals surface area (Å²) in [5, 5.41) is 11.4. The molecule has 2 fully saturated rings. The molecule has 2 aromatic rings. The molecule has 68 heavy (non-hydrogen) atoms. The standard InChI is InChI=1S/C48H69N7O9S.C3H8.3H2/c1-32(45(61)51-35(46-49-25-28-65-46)29-33-17-10-7-11-18-33)44(64-6)36-21-16-27-54(36)41(59)30-37(63-5)43(34-19-12-8-13-20-34)53(4)42(60)31-50-47(62)48(2,3)52-38(56)22-14-9-15-26-55-39(57)23-24-40(55)58;1-3-2;;;/h7,10-11,17-18,23-25,28,32,34-37,43-44H,8-9,12-16,19-22,26-27,29-31H2,1-6H3,(H,50,62)(H,51,61)(H,52,56);3H2,1-2H3;3*1H/t32-,35+,36+,37-,43+,44-;;;;/m1..../s1. The molecule has 2 aliphatic heterocycles. The minimum Gasteiger partial charge on any atom is -0.379 e. The van der Waals surface area contributed by atoms with E-state index >= 15 is 0 Å². The predicted octanol–water partition coefficient (Wildman–Crippen LogP) is 6.65. The highest BCUT2D eigenvalue weighted by molar-refractivity contribution is 7.09. The van der Waals surface area contributed by atoms with Gasteiger partial charge in [0.25, 0.3) is 11.8 Å². The third-order valence-corrected chi connectivity index (χ3v) is 14.1. The van der Waals surface area contributed by atoms with E-state index in [2.05, 4.69) is 34.8 Å². The van der Waals surface area contributed by atoms with Crippen molar-refractivity contribution in [3.05, 3.63) is 64.6 Å². The number of carbonyl (C=O) groups excluding carboxylic acids is 7. The fourth-order valence-electron chi connectivity index (χ4n) is 9.54. The quantitative estimate of drug-likeness (QED) is 0.0757. The second-order valence-corrected chi connectivity index (χ2v) is 19.7. The summed E-state index contributed by atoms with van der Waals surface area (Å²) < 4.78 is 12.1. The highest BCUT2D eigenvalue weighted by Crippen LogP contribution is 2.34. The Balaban J connectivity index is 0.00000409. The van der Waals surface area contributed by atoms with Crippen LogP contribution in [0.15, 0.2) is 54.1 Å². The zero-order valence-corrected chi connectivity index (χ0v) is 42.4. The first-order chi connectivity index (χ1) is 32.6. The molecule has 1 aliphatic carbocycles. The summed E-state index contributed by atoms with van der Waals surface area (Å²) in [4.78, 5) is 101. The van der Waals surface area contributed by atoms with Gasteiger partial charge in [0.15, 0.2) is 0 Å². The molecule has 6 atom stereocenters. The van der Waals surface area contributed by atoms with Gasteiger partial charge < -0.3 is 35.2 Å². The molecule has 7 amide bonds. The highest BCUT2D eigenvalue weighted by atomic mass is 32.1. The lowest BCUT2D eigenvalue weighted by atomic mass is 9.80. The Morgan fingerprint density at radius 2 is 1.62 bits per heavy atom. The molecule has 17 heteroatoms. The summed E-state index contributed by atoms with van der Waals surface area (Å²) in [5.41, 5.74) is -0.235. The van der Waals surface area contributed by atoms with Gasteiger partial charge in [-0.25, -0.2) is 4.98 Å². The normalized spacial score (nSPS) is 18.5. The Hall–Kier alpha value is -5.00. The SMILES string of the molecule is CCC.CO[C@H]([C@@H](C)C(=O)N[C@@H](Cc1ccccc1)c1nccs1)[C@@H]1CCCN1C(=O)C[C@@H](OC)[C@H](C1CCCCC1)N(C)C(=O)CNC(=O)C(C)(C)NC(=O)CCCCCN1C(=O)C=CC1=O.[HH].[HH].[HH]. The molecule has 3 aliphatic rings. The fraction of sp³-hybridized carbons (Fsp3) is 0.647. The van der Waals surface area contributed by atoms with Gasteiger partial charge in [0.2, 0.25) is 29.5 Å². The zero-order valence-electron chi connectivity index (χ0n) is 41.6. The van der Waals surface area contributed by atoms with Crippen molar-refractivity contribution in [1.82, 2.24) is 35.6 Å². The van der Waals surface area contributed by atoms with Crippen LogP contribution in [0.2, 0.25) is 0 Å². The van der Waals surface area contributed by atoms with Crippen LogP contribution < -0.4 is 16.0 Å². The van der Waals surface area contributed by atoms with Crippen LogP contribution in [0.25, 0.3) is 0 Å². The molecule has 1 aromatic heterocycles. The molecule has 0 spiro atoms. The maximum Gasteiger partial charge on any atom is 0.253 e. The third-order valence-electron chi connectivity index (χ3n) is 13.2. The van der Waals surface area contributed by atoms with Gasteiger partial charge >= 0.3 is 0 Å². The first-order valence-corrected chi connectivity index (χ1v) is 25.4. The number of aromatic nitrogens is 1. The summed E-state index contributed by atoms with van der Waals surface area (Å²) in [6.45, 7) is 9.70. The minimum atomic E-state index is -1.31. The molecule has 0 bridgehead atoms. The van der Waals surface area contributed by atoms with Gasteiger partial charge in [-0.3, -0.25) is 38.5 Å².